The van der Waals surface area contributed by atoms with Crippen LogP contribution in [0.25, 0.3) is 0 Å². The normalized spacial score (nSPS) is 9.45. The van der Waals surface area contributed by atoms with E-state index >= 15 is 0 Å². The molecule has 0 N–H and O–H groups in total. The van der Waals surface area contributed by atoms with Crippen molar-refractivity contribution in [3.8, 4) is 0 Å². The van der Waals surface area contributed by atoms with Gasteiger partial charge in [0.2, 0.25) is 0 Å². The summed E-state index contributed by atoms with van der Waals surface area (Å²) in [5.74, 6) is 0.979. The van der Waals surface area contributed by atoms with E-state index in [0.29, 0.717) is 0 Å². The second-order valence-electron chi connectivity index (χ2n) is 1.84. The number of pyridine rings is 1. The first-order chi connectivity index (χ1) is 5.43. The molecular formula is C8H9NS2. The molecule has 1 aromatic rings. The van der Waals surface area contributed by atoms with E-state index in [1.54, 1.807) is 34.0 Å². The molecule has 0 fully saturated rings. The van der Waals surface area contributed by atoms with Crippen LogP contribution in [0.1, 0.15) is 0 Å². The Morgan fingerprint density at radius 3 is 2.82 bits per heavy atom. The van der Waals surface area contributed by atoms with Crippen LogP contribution in [0.2, 0.25) is 0 Å². The molecule has 0 aliphatic rings. The van der Waals surface area contributed by atoms with Gasteiger partial charge in [0.15, 0.2) is 0 Å². The molecule has 0 saturated heterocycles. The Balaban J connectivity index is 2.33. The average Bonchev–Trinajstić information content (AvgIpc) is 2.07. The van der Waals surface area contributed by atoms with Crippen LogP contribution in [0.3, 0.4) is 0 Å². The van der Waals surface area contributed by atoms with Gasteiger partial charge < -0.3 is 0 Å². The molecule has 0 unspecified atom stereocenters. The van der Waals surface area contributed by atoms with E-state index in [1.165, 1.54) is 4.90 Å². The standard InChI is InChI=1S/C8H9NS2/c1-2-7-10-11-8-3-5-9-6-4-8/h2-6H,1,7H2. The van der Waals surface area contributed by atoms with Crippen molar-refractivity contribution in [2.75, 3.05) is 5.75 Å². The summed E-state index contributed by atoms with van der Waals surface area (Å²) in [6.07, 6.45) is 5.51. The van der Waals surface area contributed by atoms with Crippen LogP contribution in [0, 0.1) is 0 Å². The molecule has 0 bridgehead atoms. The molecule has 3 heteroatoms. The van der Waals surface area contributed by atoms with Crippen molar-refractivity contribution in [1.82, 2.24) is 4.98 Å². The van der Waals surface area contributed by atoms with Crippen molar-refractivity contribution in [3.05, 3.63) is 37.2 Å². The Morgan fingerprint density at radius 1 is 1.45 bits per heavy atom. The molecule has 0 aliphatic heterocycles. The van der Waals surface area contributed by atoms with E-state index in [4.69, 9.17) is 0 Å². The van der Waals surface area contributed by atoms with E-state index in [-0.39, 0.29) is 0 Å². The summed E-state index contributed by atoms with van der Waals surface area (Å²) >= 11 is 0. The molecule has 11 heavy (non-hydrogen) atoms. The Morgan fingerprint density at radius 2 is 2.18 bits per heavy atom. The lowest BCUT2D eigenvalue weighted by molar-refractivity contribution is 1.27. The third-order valence-electron chi connectivity index (χ3n) is 0.991. The van der Waals surface area contributed by atoms with Crippen molar-refractivity contribution in [2.45, 2.75) is 4.90 Å². The van der Waals surface area contributed by atoms with Gasteiger partial charge >= 0.3 is 0 Å². The highest BCUT2D eigenvalue weighted by Crippen LogP contribution is 2.29. The predicted molar refractivity (Wildman–Crippen MR) is 52.7 cm³/mol. The lowest BCUT2D eigenvalue weighted by atomic mass is 10.5. The molecule has 1 aromatic heterocycles. The van der Waals surface area contributed by atoms with Crippen LogP contribution in [-0.4, -0.2) is 10.7 Å². The third kappa shape index (κ3) is 3.49. The van der Waals surface area contributed by atoms with E-state index in [0.717, 1.165) is 5.75 Å². The van der Waals surface area contributed by atoms with Crippen molar-refractivity contribution in [3.63, 3.8) is 0 Å². The minimum atomic E-state index is 0.979. The lowest BCUT2D eigenvalue weighted by Gasteiger charge is -1.95. The van der Waals surface area contributed by atoms with E-state index in [2.05, 4.69) is 11.6 Å². The second-order valence-corrected chi connectivity index (χ2v) is 4.25. The maximum atomic E-state index is 3.93. The van der Waals surface area contributed by atoms with E-state index < -0.39 is 0 Å². The van der Waals surface area contributed by atoms with Gasteiger partial charge in [-0.05, 0) is 12.1 Å². The Bertz CT molecular complexity index is 211. The molecule has 58 valence electrons. The highest BCUT2D eigenvalue weighted by atomic mass is 33.1. The molecule has 1 rings (SSSR count). The zero-order valence-electron chi connectivity index (χ0n) is 6.06. The van der Waals surface area contributed by atoms with Gasteiger partial charge in [-0.25, -0.2) is 0 Å². The van der Waals surface area contributed by atoms with Crippen LogP contribution in [0.4, 0.5) is 0 Å². The molecule has 1 heterocycles. The van der Waals surface area contributed by atoms with Crippen LogP contribution >= 0.6 is 21.6 Å². The number of hydrogen-bond donors (Lipinski definition) is 0. The zero-order chi connectivity index (χ0) is 7.94. The van der Waals surface area contributed by atoms with Crippen molar-refractivity contribution in [1.29, 1.82) is 0 Å². The van der Waals surface area contributed by atoms with Crippen LogP contribution in [-0.2, 0) is 0 Å². The van der Waals surface area contributed by atoms with Gasteiger partial charge in [0.1, 0.15) is 0 Å². The first kappa shape index (κ1) is 8.68. The first-order valence-corrected chi connectivity index (χ1v) is 5.56. The van der Waals surface area contributed by atoms with Crippen molar-refractivity contribution >= 4 is 21.6 Å². The lowest BCUT2D eigenvalue weighted by Crippen LogP contribution is -1.69. The Kier molecular flexibility index (Phi) is 4.16. The minimum absolute atomic E-state index is 0.979. The molecule has 1 nitrogen and oxygen atoms in total. The minimum Gasteiger partial charge on any atom is -0.265 e. The van der Waals surface area contributed by atoms with Crippen LogP contribution in [0.5, 0.6) is 0 Å². The summed E-state index contributed by atoms with van der Waals surface area (Å²) in [6, 6.07) is 4.00. The predicted octanol–water partition coefficient (Wildman–Crippen LogP) is 3.01. The fraction of sp³-hybridized carbons (Fsp3) is 0.125. The van der Waals surface area contributed by atoms with Crippen LogP contribution in [0.15, 0.2) is 42.1 Å². The molecule has 0 aromatic carbocycles. The maximum absolute atomic E-state index is 3.93. The highest BCUT2D eigenvalue weighted by molar-refractivity contribution is 8.76. The smallest absolute Gasteiger partial charge is 0.0279 e. The summed E-state index contributed by atoms with van der Waals surface area (Å²) in [5, 5.41) is 0. The fourth-order valence-corrected chi connectivity index (χ4v) is 2.31. The van der Waals surface area contributed by atoms with Gasteiger partial charge in [-0.2, -0.15) is 0 Å². The first-order valence-electron chi connectivity index (χ1n) is 3.24. The van der Waals surface area contributed by atoms with Crippen molar-refractivity contribution < 1.29 is 0 Å². The summed E-state index contributed by atoms with van der Waals surface area (Å²) in [4.78, 5) is 5.17. The highest BCUT2D eigenvalue weighted by Gasteiger charge is 1.89. The largest absolute Gasteiger partial charge is 0.265 e. The quantitative estimate of drug-likeness (QED) is 0.404. The second kappa shape index (κ2) is 5.27. The molecule has 0 radical (unpaired) electrons. The van der Waals surface area contributed by atoms with Gasteiger partial charge in [0.05, 0.1) is 0 Å². The van der Waals surface area contributed by atoms with Crippen LogP contribution < -0.4 is 0 Å². The summed E-state index contributed by atoms with van der Waals surface area (Å²) < 4.78 is 0. The van der Waals surface area contributed by atoms with Gasteiger partial charge in [-0.15, -0.1) is 6.58 Å². The van der Waals surface area contributed by atoms with E-state index in [9.17, 15) is 0 Å². The number of nitrogens with zero attached hydrogens (tertiary/aromatic N) is 1. The van der Waals surface area contributed by atoms with E-state index in [1.807, 2.05) is 18.2 Å². The van der Waals surface area contributed by atoms with Gasteiger partial charge in [0.25, 0.3) is 0 Å². The molecular weight excluding hydrogens is 174 g/mol. The fourth-order valence-electron chi connectivity index (χ4n) is 0.544. The number of aromatic nitrogens is 1. The maximum Gasteiger partial charge on any atom is 0.0279 e. The number of rotatable bonds is 4. The zero-order valence-corrected chi connectivity index (χ0v) is 7.70. The molecule has 0 spiro atoms. The number of hydrogen-bond acceptors (Lipinski definition) is 3. The summed E-state index contributed by atoms with van der Waals surface area (Å²) in [5.41, 5.74) is 0. The van der Waals surface area contributed by atoms with Gasteiger partial charge in [-0.1, -0.05) is 27.7 Å². The topological polar surface area (TPSA) is 12.9 Å². The Hall–Kier alpha value is -0.410. The SMILES string of the molecule is C=CCSSc1ccncc1. The van der Waals surface area contributed by atoms with Gasteiger partial charge in [0, 0.05) is 23.0 Å². The Labute approximate surface area is 74.7 Å². The van der Waals surface area contributed by atoms with Gasteiger partial charge in [-0.3, -0.25) is 4.98 Å². The third-order valence-corrected chi connectivity index (χ3v) is 3.28. The molecule has 0 aliphatic carbocycles. The summed E-state index contributed by atoms with van der Waals surface area (Å²) in [7, 11) is 3.53. The average molecular weight is 183 g/mol. The molecule has 0 saturated carbocycles. The molecule has 0 amide bonds. The monoisotopic (exact) mass is 183 g/mol. The van der Waals surface area contributed by atoms with Crippen molar-refractivity contribution in [2.24, 2.45) is 0 Å². The summed E-state index contributed by atoms with van der Waals surface area (Å²) in [6.45, 7) is 3.65. The molecule has 0 atom stereocenters.